The Kier molecular flexibility index (Phi) is 9.64. The molecule has 1 aromatic carbocycles. The Morgan fingerprint density at radius 1 is 1.19 bits per heavy atom. The largest absolute Gasteiger partial charge is 1.00 e. The molecule has 1 amide bonds. The van der Waals surface area contributed by atoms with Crippen molar-refractivity contribution in [3.05, 3.63) is 26.8 Å². The van der Waals surface area contributed by atoms with Crippen LogP contribution in [-0.4, -0.2) is 54.7 Å². The Bertz CT molecular complexity index is 675. The maximum absolute atomic E-state index is 13.3. The summed E-state index contributed by atoms with van der Waals surface area (Å²) in [5.74, 6) is 0. The summed E-state index contributed by atoms with van der Waals surface area (Å²) >= 11 is 1.93. The quantitative estimate of drug-likeness (QED) is 0.434. The molecule has 0 aromatic heterocycles. The summed E-state index contributed by atoms with van der Waals surface area (Å²) in [7, 11) is 0. The van der Waals surface area contributed by atoms with Crippen LogP contribution in [0.25, 0.3) is 0 Å². The summed E-state index contributed by atoms with van der Waals surface area (Å²) in [6.07, 6.45) is -0.343. The van der Waals surface area contributed by atoms with E-state index in [4.69, 9.17) is 4.74 Å². The SMILES string of the molecule is Cc1c(CN2CCN(C(=O)OC(C)(C)C)CC2)cc(I)cc1[B-](F)(F)F.[K+]. The Morgan fingerprint density at radius 3 is 2.22 bits per heavy atom. The molecule has 0 aliphatic carbocycles. The molecule has 0 unspecified atom stereocenters. The third-order valence-electron chi connectivity index (χ3n) is 4.29. The Morgan fingerprint density at radius 2 is 1.74 bits per heavy atom. The van der Waals surface area contributed by atoms with Crippen LogP contribution in [0.5, 0.6) is 0 Å². The fourth-order valence-corrected chi connectivity index (χ4v) is 3.63. The molecule has 0 N–H and O–H groups in total. The van der Waals surface area contributed by atoms with Gasteiger partial charge in [0.2, 0.25) is 0 Å². The summed E-state index contributed by atoms with van der Waals surface area (Å²) < 4.78 is 45.7. The molecule has 1 saturated heterocycles. The number of rotatable bonds is 3. The number of benzene rings is 1. The molecule has 10 heteroatoms. The number of amides is 1. The molecule has 0 radical (unpaired) electrons. The molecule has 1 aliphatic heterocycles. The van der Waals surface area contributed by atoms with Gasteiger partial charge in [-0.3, -0.25) is 4.90 Å². The maximum atomic E-state index is 13.3. The minimum atomic E-state index is -5.03. The van der Waals surface area contributed by atoms with E-state index in [0.29, 0.717) is 47.4 Å². The number of carbonyl (C=O) groups is 1. The topological polar surface area (TPSA) is 32.8 Å². The standard InChI is InChI=1S/C17H24BF3IN2O2.K/c1-12-13(9-14(22)10-15(12)18(19,20)21)11-23-5-7-24(8-6-23)16(25)26-17(2,3)4;/h9-10H,5-8,11H2,1-4H3;/q-1;+1. The van der Waals surface area contributed by atoms with Crippen LogP contribution in [0, 0.1) is 10.5 Å². The van der Waals surface area contributed by atoms with Gasteiger partial charge in [-0.05, 0) is 61.9 Å². The third-order valence-corrected chi connectivity index (χ3v) is 4.91. The zero-order valence-corrected chi connectivity index (χ0v) is 21.8. The number of ether oxygens (including phenoxy) is 1. The summed E-state index contributed by atoms with van der Waals surface area (Å²) in [5.41, 5.74) is -0.0643. The van der Waals surface area contributed by atoms with Crippen molar-refractivity contribution in [3.63, 3.8) is 0 Å². The predicted molar refractivity (Wildman–Crippen MR) is 106 cm³/mol. The van der Waals surface area contributed by atoms with Crippen LogP contribution in [0.4, 0.5) is 17.7 Å². The van der Waals surface area contributed by atoms with Gasteiger partial charge in [0.05, 0.1) is 0 Å². The first-order chi connectivity index (χ1) is 11.9. The van der Waals surface area contributed by atoms with Gasteiger partial charge in [-0.25, -0.2) is 4.79 Å². The molecule has 0 atom stereocenters. The van der Waals surface area contributed by atoms with Crippen molar-refractivity contribution in [2.45, 2.75) is 39.8 Å². The van der Waals surface area contributed by atoms with E-state index in [0.717, 1.165) is 0 Å². The van der Waals surface area contributed by atoms with Gasteiger partial charge in [0.1, 0.15) is 5.60 Å². The van der Waals surface area contributed by atoms with Gasteiger partial charge in [0.15, 0.2) is 0 Å². The first-order valence-electron chi connectivity index (χ1n) is 8.56. The fourth-order valence-electron chi connectivity index (χ4n) is 2.92. The van der Waals surface area contributed by atoms with Crippen LogP contribution in [0.15, 0.2) is 12.1 Å². The average molecular weight is 522 g/mol. The second kappa shape index (κ2) is 10.1. The minimum Gasteiger partial charge on any atom is -0.445 e. The number of halogens is 4. The van der Waals surface area contributed by atoms with E-state index in [1.165, 1.54) is 13.0 Å². The van der Waals surface area contributed by atoms with E-state index >= 15 is 0 Å². The van der Waals surface area contributed by atoms with Gasteiger partial charge >= 0.3 is 64.5 Å². The first kappa shape index (κ1) is 25.7. The number of piperazine rings is 1. The molecule has 0 saturated carbocycles. The minimum absolute atomic E-state index is 0. The molecule has 4 nitrogen and oxygen atoms in total. The zero-order chi connectivity index (χ0) is 19.7. The number of hydrogen-bond acceptors (Lipinski definition) is 3. The van der Waals surface area contributed by atoms with Gasteiger partial charge in [-0.15, -0.1) is 5.46 Å². The van der Waals surface area contributed by atoms with E-state index in [2.05, 4.69) is 4.90 Å². The summed E-state index contributed by atoms with van der Waals surface area (Å²) in [6, 6.07) is 3.02. The van der Waals surface area contributed by atoms with Crippen molar-refractivity contribution >= 4 is 41.1 Å². The summed E-state index contributed by atoms with van der Waals surface area (Å²) in [4.78, 5) is 15.8. The monoisotopic (exact) mass is 522 g/mol. The molecule has 146 valence electrons. The predicted octanol–water partition coefficient (Wildman–Crippen LogP) is 0.711. The van der Waals surface area contributed by atoms with Crippen LogP contribution in [0.3, 0.4) is 0 Å². The molecule has 1 aromatic rings. The van der Waals surface area contributed by atoms with Crippen LogP contribution < -0.4 is 56.8 Å². The van der Waals surface area contributed by atoms with E-state index < -0.39 is 18.0 Å². The molecule has 2 rings (SSSR count). The van der Waals surface area contributed by atoms with Gasteiger partial charge < -0.3 is 22.6 Å². The van der Waals surface area contributed by atoms with Crippen LogP contribution in [-0.2, 0) is 11.3 Å². The molecule has 0 spiro atoms. The van der Waals surface area contributed by atoms with Gasteiger partial charge in [0.25, 0.3) is 0 Å². The summed E-state index contributed by atoms with van der Waals surface area (Å²) in [5, 5.41) is 0. The second-order valence-electron chi connectivity index (χ2n) is 7.60. The molecule has 1 heterocycles. The van der Waals surface area contributed by atoms with E-state index in [1.807, 2.05) is 43.4 Å². The molecule has 1 fully saturated rings. The molecular weight excluding hydrogens is 498 g/mol. The Hall–Kier alpha value is 0.671. The maximum Gasteiger partial charge on any atom is 1.00 e. The number of hydrogen-bond donors (Lipinski definition) is 0. The van der Waals surface area contributed by atoms with Crippen LogP contribution in [0.1, 0.15) is 31.9 Å². The average Bonchev–Trinajstić information content (AvgIpc) is 2.48. The molecule has 1 aliphatic rings. The molecule has 27 heavy (non-hydrogen) atoms. The van der Waals surface area contributed by atoms with Gasteiger partial charge in [0, 0.05) is 36.3 Å². The zero-order valence-electron chi connectivity index (χ0n) is 16.5. The molecular formula is C17H24BF3IKN2O2. The Balaban J connectivity index is 0.00000364. The normalized spacial score (nSPS) is 16.1. The van der Waals surface area contributed by atoms with Gasteiger partial charge in [-0.2, -0.15) is 0 Å². The van der Waals surface area contributed by atoms with E-state index in [9.17, 15) is 17.7 Å². The van der Waals surface area contributed by atoms with Crippen molar-refractivity contribution in [1.82, 2.24) is 9.80 Å². The van der Waals surface area contributed by atoms with Crippen molar-refractivity contribution in [2.24, 2.45) is 0 Å². The third kappa shape index (κ3) is 7.78. The van der Waals surface area contributed by atoms with Crippen LogP contribution >= 0.6 is 22.6 Å². The van der Waals surface area contributed by atoms with Gasteiger partial charge in [-0.1, -0.05) is 11.6 Å². The van der Waals surface area contributed by atoms with Crippen molar-refractivity contribution < 1.29 is 73.9 Å². The smallest absolute Gasteiger partial charge is 0.445 e. The number of carbonyl (C=O) groups excluding carboxylic acids is 1. The van der Waals surface area contributed by atoms with Crippen LogP contribution in [0.2, 0.25) is 0 Å². The number of nitrogens with zero attached hydrogens (tertiary/aromatic N) is 2. The van der Waals surface area contributed by atoms with E-state index in [-0.39, 0.29) is 57.5 Å². The second-order valence-corrected chi connectivity index (χ2v) is 8.84. The molecule has 0 bridgehead atoms. The van der Waals surface area contributed by atoms with Crippen molar-refractivity contribution in [2.75, 3.05) is 26.2 Å². The first-order valence-corrected chi connectivity index (χ1v) is 9.64. The Labute approximate surface area is 215 Å². The van der Waals surface area contributed by atoms with Crippen molar-refractivity contribution in [3.8, 4) is 0 Å². The fraction of sp³-hybridized carbons (Fsp3) is 0.588. The van der Waals surface area contributed by atoms with Crippen molar-refractivity contribution in [1.29, 1.82) is 0 Å². The van der Waals surface area contributed by atoms with E-state index in [1.54, 1.807) is 11.0 Å². The summed E-state index contributed by atoms with van der Waals surface area (Å²) in [6.45, 7) is 4.65.